The smallest absolute Gasteiger partial charge is 0.173 e. The predicted octanol–water partition coefficient (Wildman–Crippen LogP) is 7.97. The summed E-state index contributed by atoms with van der Waals surface area (Å²) in [6.45, 7) is 2.26. The molecule has 0 aromatic heterocycles. The van der Waals surface area contributed by atoms with Crippen LogP contribution in [0.4, 0.5) is 8.78 Å². The Labute approximate surface area is 186 Å². The van der Waals surface area contributed by atoms with E-state index in [1.165, 1.54) is 68.8 Å². The lowest BCUT2D eigenvalue weighted by Gasteiger charge is -2.28. The Balaban J connectivity index is 1.62. The summed E-state index contributed by atoms with van der Waals surface area (Å²) in [4.78, 5) is 0. The maximum atomic E-state index is 15.2. The molecule has 1 aliphatic heterocycles. The van der Waals surface area contributed by atoms with E-state index in [1.807, 2.05) is 6.07 Å². The predicted molar refractivity (Wildman–Crippen MR) is 125 cm³/mol. The maximum absolute atomic E-state index is 15.2. The molecule has 0 amide bonds. The van der Waals surface area contributed by atoms with Crippen molar-refractivity contribution in [2.45, 2.75) is 70.0 Å². The molecule has 30 heavy (non-hydrogen) atoms. The van der Waals surface area contributed by atoms with Crippen LogP contribution in [0, 0.1) is 17.6 Å². The topological polar surface area (TPSA) is 9.23 Å². The molecule has 1 aliphatic rings. The van der Waals surface area contributed by atoms with E-state index in [2.05, 4.69) is 6.92 Å². The minimum absolute atomic E-state index is 0.0862. The molecule has 2 aromatic carbocycles. The third kappa shape index (κ3) is 6.30. The first-order chi connectivity index (χ1) is 14.6. The van der Waals surface area contributed by atoms with E-state index in [-0.39, 0.29) is 17.6 Å². The second kappa shape index (κ2) is 11.9. The normalized spacial score (nSPS) is 19.1. The molecule has 0 spiro atoms. The summed E-state index contributed by atoms with van der Waals surface area (Å²) in [7, 11) is -0.762. The van der Waals surface area contributed by atoms with Crippen molar-refractivity contribution in [1.82, 2.24) is 0 Å². The summed E-state index contributed by atoms with van der Waals surface area (Å²) < 4.78 is 33.9. The molecule has 1 nitrogen and oxygen atoms in total. The molecular formula is C25H33ClF2OSi. The van der Waals surface area contributed by atoms with Crippen molar-refractivity contribution >= 4 is 20.4 Å². The van der Waals surface area contributed by atoms with Gasteiger partial charge >= 0.3 is 0 Å². The Morgan fingerprint density at radius 2 is 1.77 bits per heavy atom. The highest BCUT2D eigenvalue weighted by Gasteiger charge is 2.23. The lowest BCUT2D eigenvalue weighted by molar-refractivity contribution is 0.360. The highest BCUT2D eigenvalue weighted by Crippen LogP contribution is 2.35. The largest absolute Gasteiger partial charge is 0.475 e. The van der Waals surface area contributed by atoms with Gasteiger partial charge in [0.1, 0.15) is 5.82 Å². The number of rotatable bonds is 10. The third-order valence-corrected chi connectivity index (χ3v) is 10.1. The van der Waals surface area contributed by atoms with Crippen LogP contribution in [0.15, 0.2) is 36.4 Å². The first-order valence-corrected chi connectivity index (χ1v) is 14.4. The van der Waals surface area contributed by atoms with E-state index in [0.717, 1.165) is 17.9 Å². The van der Waals surface area contributed by atoms with Crippen LogP contribution < -0.4 is 4.74 Å². The summed E-state index contributed by atoms with van der Waals surface area (Å²) in [6, 6.07) is 13.5. The Kier molecular flexibility index (Phi) is 9.20. The van der Waals surface area contributed by atoms with Gasteiger partial charge in [-0.25, -0.2) is 8.78 Å². The molecule has 0 saturated carbocycles. The number of benzene rings is 2. The molecule has 2 aromatic rings. The van der Waals surface area contributed by atoms with Crippen molar-refractivity contribution in [3.8, 4) is 16.9 Å². The van der Waals surface area contributed by atoms with E-state index >= 15 is 4.39 Å². The minimum atomic E-state index is -0.762. The zero-order valence-corrected chi connectivity index (χ0v) is 19.8. The standard InChI is InChI=1S/C25H33ClF2OSi/c1-2-3-4-5-19-12-15-30(16-13-19)17-14-21-8-11-23(24(28)25(21)29-18-26)20-6-9-22(27)10-7-20/h6-11,19,30H,2-5,12-18H2,1H3. The van der Waals surface area contributed by atoms with Gasteiger partial charge in [-0.15, -0.1) is 0 Å². The van der Waals surface area contributed by atoms with Gasteiger partial charge in [0.2, 0.25) is 0 Å². The number of hydrogen-bond acceptors (Lipinski definition) is 1. The van der Waals surface area contributed by atoms with Crippen molar-refractivity contribution in [1.29, 1.82) is 0 Å². The van der Waals surface area contributed by atoms with E-state index in [1.54, 1.807) is 18.2 Å². The molecule has 0 unspecified atom stereocenters. The highest BCUT2D eigenvalue weighted by molar-refractivity contribution is 6.59. The number of aryl methyl sites for hydroxylation is 1. The van der Waals surface area contributed by atoms with Crippen LogP contribution in [0.5, 0.6) is 5.75 Å². The molecule has 1 saturated heterocycles. The fraction of sp³-hybridized carbons (Fsp3) is 0.520. The van der Waals surface area contributed by atoms with Crippen molar-refractivity contribution in [2.75, 3.05) is 6.07 Å². The van der Waals surface area contributed by atoms with Gasteiger partial charge in [-0.2, -0.15) is 0 Å². The zero-order valence-electron chi connectivity index (χ0n) is 17.9. The van der Waals surface area contributed by atoms with Gasteiger partial charge in [-0.05, 0) is 35.6 Å². The van der Waals surface area contributed by atoms with Crippen LogP contribution in [0.3, 0.4) is 0 Å². The molecule has 1 heterocycles. The third-order valence-electron chi connectivity index (χ3n) is 6.54. The molecule has 3 rings (SSSR count). The second-order valence-corrected chi connectivity index (χ2v) is 12.3. The highest BCUT2D eigenvalue weighted by atomic mass is 35.5. The van der Waals surface area contributed by atoms with Crippen molar-refractivity contribution < 1.29 is 13.5 Å². The van der Waals surface area contributed by atoms with Gasteiger partial charge in [0.25, 0.3) is 0 Å². The lowest BCUT2D eigenvalue weighted by atomic mass is 9.96. The van der Waals surface area contributed by atoms with Crippen LogP contribution >= 0.6 is 11.6 Å². The van der Waals surface area contributed by atoms with E-state index < -0.39 is 14.6 Å². The first-order valence-electron chi connectivity index (χ1n) is 11.4. The Hall–Kier alpha value is -1.39. The SMILES string of the molecule is CCCCCC1CC[SiH](CCc2ccc(-c3ccc(F)cc3)c(F)c2OCCl)CC1. The Bertz CT molecular complexity index is 788. The van der Waals surface area contributed by atoms with Crippen LogP contribution in [0.2, 0.25) is 18.1 Å². The molecule has 5 heteroatoms. The van der Waals surface area contributed by atoms with Crippen molar-refractivity contribution in [3.63, 3.8) is 0 Å². The average Bonchev–Trinajstić information content (AvgIpc) is 2.76. The fourth-order valence-electron chi connectivity index (χ4n) is 4.71. The van der Waals surface area contributed by atoms with Crippen LogP contribution in [0.25, 0.3) is 11.1 Å². The molecule has 0 bridgehead atoms. The molecule has 164 valence electrons. The van der Waals surface area contributed by atoms with Crippen LogP contribution in [-0.4, -0.2) is 14.9 Å². The Morgan fingerprint density at radius 3 is 2.43 bits per heavy atom. The molecule has 0 aliphatic carbocycles. The first kappa shape index (κ1) is 23.3. The number of alkyl halides is 1. The maximum Gasteiger partial charge on any atom is 0.173 e. The van der Waals surface area contributed by atoms with Crippen LogP contribution in [-0.2, 0) is 6.42 Å². The van der Waals surface area contributed by atoms with Gasteiger partial charge in [0, 0.05) is 14.4 Å². The van der Waals surface area contributed by atoms with Crippen molar-refractivity contribution in [2.24, 2.45) is 5.92 Å². The molecule has 0 radical (unpaired) electrons. The van der Waals surface area contributed by atoms with Gasteiger partial charge in [0.15, 0.2) is 17.6 Å². The van der Waals surface area contributed by atoms with Gasteiger partial charge < -0.3 is 4.74 Å². The van der Waals surface area contributed by atoms with E-state index in [4.69, 9.17) is 16.3 Å². The summed E-state index contributed by atoms with van der Waals surface area (Å²) in [6.07, 6.45) is 9.08. The number of halogens is 3. The summed E-state index contributed by atoms with van der Waals surface area (Å²) in [5.74, 6) is 0.455. The average molecular weight is 451 g/mol. The molecule has 0 atom stereocenters. The zero-order chi connectivity index (χ0) is 21.3. The Morgan fingerprint density at radius 1 is 1.03 bits per heavy atom. The van der Waals surface area contributed by atoms with E-state index in [9.17, 15) is 4.39 Å². The molecule has 0 N–H and O–H groups in total. The summed E-state index contributed by atoms with van der Waals surface area (Å²) in [5.41, 5.74) is 1.95. The molecule has 1 fully saturated rings. The van der Waals surface area contributed by atoms with Crippen LogP contribution in [0.1, 0.15) is 51.0 Å². The number of ether oxygens (including phenoxy) is 1. The van der Waals surface area contributed by atoms with Gasteiger partial charge in [-0.3, -0.25) is 0 Å². The quantitative estimate of drug-likeness (QED) is 0.202. The minimum Gasteiger partial charge on any atom is -0.475 e. The fourth-order valence-corrected chi connectivity index (χ4v) is 8.29. The monoisotopic (exact) mass is 450 g/mol. The van der Waals surface area contributed by atoms with Gasteiger partial charge in [0.05, 0.1) is 0 Å². The van der Waals surface area contributed by atoms with Gasteiger partial charge in [-0.1, -0.05) is 99.4 Å². The lowest BCUT2D eigenvalue weighted by Crippen LogP contribution is -2.22. The molecular weight excluding hydrogens is 418 g/mol. The van der Waals surface area contributed by atoms with E-state index in [0.29, 0.717) is 11.1 Å². The number of unbranched alkanes of at least 4 members (excludes halogenated alkanes) is 2. The summed E-state index contributed by atoms with van der Waals surface area (Å²) >= 11 is 5.79. The number of hydrogen-bond donors (Lipinski definition) is 0. The second-order valence-electron chi connectivity index (χ2n) is 8.60. The summed E-state index contributed by atoms with van der Waals surface area (Å²) in [5, 5.41) is 0. The van der Waals surface area contributed by atoms with Crippen molar-refractivity contribution in [3.05, 3.63) is 53.6 Å².